The van der Waals surface area contributed by atoms with Gasteiger partial charge in [0, 0.05) is 50.9 Å². The van der Waals surface area contributed by atoms with Crippen molar-refractivity contribution in [2.24, 2.45) is 11.3 Å². The van der Waals surface area contributed by atoms with E-state index in [0.717, 1.165) is 56.5 Å². The topological polar surface area (TPSA) is 50.6 Å². The minimum Gasteiger partial charge on any atom is -0.497 e. The molecule has 1 aromatic heterocycles. The van der Waals surface area contributed by atoms with Crippen LogP contribution in [0.15, 0.2) is 36.8 Å². The first-order valence-corrected chi connectivity index (χ1v) is 11.7. The van der Waals surface area contributed by atoms with Crippen molar-refractivity contribution < 1.29 is 9.53 Å². The van der Waals surface area contributed by atoms with Crippen molar-refractivity contribution in [2.45, 2.75) is 51.6 Å². The summed E-state index contributed by atoms with van der Waals surface area (Å²) in [6.45, 7) is 8.73. The summed E-state index contributed by atoms with van der Waals surface area (Å²) in [4.78, 5) is 23.1. The monoisotopic (exact) mass is 422 g/mol. The predicted octanol–water partition coefficient (Wildman–Crippen LogP) is 3.70. The molecule has 0 radical (unpaired) electrons. The van der Waals surface area contributed by atoms with Crippen LogP contribution in [-0.2, 0) is 11.3 Å². The number of likely N-dealkylation sites (tertiary alicyclic amines) is 2. The number of imidazole rings is 1. The first-order valence-electron chi connectivity index (χ1n) is 11.7. The third-order valence-corrected chi connectivity index (χ3v) is 7.47. The second-order valence-electron chi connectivity index (χ2n) is 10.0. The molecule has 2 atom stereocenters. The molecular formula is C25H34N4O2. The summed E-state index contributed by atoms with van der Waals surface area (Å²) in [5, 5.41) is 0. The zero-order valence-electron chi connectivity index (χ0n) is 19.0. The molecule has 1 amide bonds. The maximum absolute atomic E-state index is 13.7. The lowest BCUT2D eigenvalue weighted by molar-refractivity contribution is -0.136. The summed E-state index contributed by atoms with van der Waals surface area (Å²) in [6.07, 6.45) is 7.61. The number of aromatic nitrogens is 2. The van der Waals surface area contributed by atoms with Gasteiger partial charge in [-0.05, 0) is 56.7 Å². The number of nitrogens with zero attached hydrogens (tertiary/aromatic N) is 4. The number of carbonyl (C=O) groups excluding carboxylic acids is 1. The van der Waals surface area contributed by atoms with Crippen molar-refractivity contribution in [3.63, 3.8) is 0 Å². The molecule has 2 aliphatic heterocycles. The second kappa shape index (κ2) is 7.97. The summed E-state index contributed by atoms with van der Waals surface area (Å²) in [6, 6.07) is 8.66. The zero-order valence-corrected chi connectivity index (χ0v) is 19.0. The van der Waals surface area contributed by atoms with Crippen molar-refractivity contribution in [1.29, 1.82) is 0 Å². The Morgan fingerprint density at radius 2 is 2.00 bits per heavy atom. The molecule has 31 heavy (non-hydrogen) atoms. The Morgan fingerprint density at radius 1 is 1.23 bits per heavy atom. The van der Waals surface area contributed by atoms with Gasteiger partial charge in [0.15, 0.2) is 0 Å². The molecule has 1 spiro atoms. The van der Waals surface area contributed by atoms with E-state index in [4.69, 9.17) is 9.72 Å². The van der Waals surface area contributed by atoms with Crippen LogP contribution in [0.2, 0.25) is 0 Å². The van der Waals surface area contributed by atoms with Gasteiger partial charge in [0.25, 0.3) is 0 Å². The summed E-state index contributed by atoms with van der Waals surface area (Å²) >= 11 is 0. The van der Waals surface area contributed by atoms with Crippen molar-refractivity contribution in [1.82, 2.24) is 19.4 Å². The molecule has 6 heteroatoms. The van der Waals surface area contributed by atoms with Gasteiger partial charge in [-0.25, -0.2) is 4.98 Å². The van der Waals surface area contributed by atoms with Crippen LogP contribution in [0.1, 0.15) is 56.3 Å². The molecule has 0 N–H and O–H groups in total. The van der Waals surface area contributed by atoms with Gasteiger partial charge in [-0.3, -0.25) is 9.69 Å². The highest BCUT2D eigenvalue weighted by Crippen LogP contribution is 2.50. The largest absolute Gasteiger partial charge is 0.497 e. The Hall–Kier alpha value is -2.34. The lowest BCUT2D eigenvalue weighted by atomic mass is 9.75. The van der Waals surface area contributed by atoms with E-state index < -0.39 is 0 Å². The Labute approximate surface area is 185 Å². The van der Waals surface area contributed by atoms with Crippen molar-refractivity contribution in [3.05, 3.63) is 48.0 Å². The molecule has 2 aromatic rings. The molecule has 6 nitrogen and oxygen atoms in total. The fourth-order valence-corrected chi connectivity index (χ4v) is 5.42. The van der Waals surface area contributed by atoms with Gasteiger partial charge in [0.05, 0.1) is 24.5 Å². The van der Waals surface area contributed by atoms with E-state index in [1.807, 2.05) is 18.5 Å². The Kier molecular flexibility index (Phi) is 5.29. The van der Waals surface area contributed by atoms with E-state index in [1.54, 1.807) is 7.11 Å². The van der Waals surface area contributed by atoms with Crippen LogP contribution in [-0.4, -0.2) is 58.5 Å². The van der Waals surface area contributed by atoms with Crippen molar-refractivity contribution in [2.75, 3.05) is 33.3 Å². The predicted molar refractivity (Wildman–Crippen MR) is 120 cm³/mol. The maximum Gasteiger partial charge on any atom is 0.230 e. The van der Waals surface area contributed by atoms with Gasteiger partial charge in [-0.1, -0.05) is 12.1 Å². The Morgan fingerprint density at radius 3 is 2.65 bits per heavy atom. The number of hydrogen-bond donors (Lipinski definition) is 0. The Balaban J connectivity index is 1.40. The summed E-state index contributed by atoms with van der Waals surface area (Å²) in [5.41, 5.74) is 1.99. The van der Waals surface area contributed by atoms with Crippen LogP contribution in [0, 0.1) is 11.3 Å². The van der Waals surface area contributed by atoms with Crippen LogP contribution < -0.4 is 4.74 Å². The molecule has 3 fully saturated rings. The second-order valence-corrected chi connectivity index (χ2v) is 10.0. The molecule has 1 saturated carbocycles. The number of methoxy groups -OCH3 is 1. The minimum atomic E-state index is -0.336. The number of benzene rings is 1. The van der Waals surface area contributed by atoms with Gasteiger partial charge in [-0.2, -0.15) is 0 Å². The SMILES string of the molecule is COc1ccc(CN2C[C@H](c3cn(C(C)C)cn3)[C@]3(CCN(CC4CC4)C3=O)C2)cc1. The van der Waals surface area contributed by atoms with E-state index in [9.17, 15) is 4.79 Å². The smallest absolute Gasteiger partial charge is 0.230 e. The molecule has 5 rings (SSSR count). The molecule has 3 aliphatic rings. The lowest BCUT2D eigenvalue weighted by Gasteiger charge is -2.28. The molecule has 166 valence electrons. The number of ether oxygens (including phenoxy) is 1. The third-order valence-electron chi connectivity index (χ3n) is 7.47. The standard InChI is InChI=1S/C25H34N4O2/c1-18(2)29-15-23(26-17-29)22-14-27(12-19-6-8-21(31-3)9-7-19)16-25(22)10-11-28(24(25)30)13-20-4-5-20/h6-9,15,17-18,20,22H,4-5,10-14,16H2,1-3H3/t22-,25+/m1/s1. The quantitative estimate of drug-likeness (QED) is 0.683. The minimum absolute atomic E-state index is 0.155. The average Bonchev–Trinajstić information content (AvgIpc) is 3.19. The number of rotatable bonds is 7. The van der Waals surface area contributed by atoms with Crippen LogP contribution in [0.25, 0.3) is 0 Å². The zero-order chi connectivity index (χ0) is 21.6. The van der Waals surface area contributed by atoms with Gasteiger partial charge >= 0.3 is 0 Å². The van der Waals surface area contributed by atoms with E-state index in [1.165, 1.54) is 18.4 Å². The van der Waals surface area contributed by atoms with Gasteiger partial charge in [0.2, 0.25) is 5.91 Å². The fraction of sp³-hybridized carbons (Fsp3) is 0.600. The molecule has 0 unspecified atom stereocenters. The van der Waals surface area contributed by atoms with Gasteiger partial charge < -0.3 is 14.2 Å². The first kappa shape index (κ1) is 20.6. The van der Waals surface area contributed by atoms with Gasteiger partial charge in [0.1, 0.15) is 5.75 Å². The maximum atomic E-state index is 13.7. The fourth-order valence-electron chi connectivity index (χ4n) is 5.42. The number of amides is 1. The highest BCUT2D eigenvalue weighted by molar-refractivity contribution is 5.87. The molecule has 3 heterocycles. The highest BCUT2D eigenvalue weighted by atomic mass is 16.5. The number of hydrogen-bond acceptors (Lipinski definition) is 4. The summed E-state index contributed by atoms with van der Waals surface area (Å²) in [5.74, 6) is 2.12. The average molecular weight is 423 g/mol. The normalized spacial score (nSPS) is 26.5. The van der Waals surface area contributed by atoms with E-state index in [2.05, 4.69) is 46.5 Å². The van der Waals surface area contributed by atoms with E-state index in [-0.39, 0.29) is 11.3 Å². The van der Waals surface area contributed by atoms with Crippen molar-refractivity contribution >= 4 is 5.91 Å². The van der Waals surface area contributed by atoms with Crippen LogP contribution >= 0.6 is 0 Å². The van der Waals surface area contributed by atoms with E-state index >= 15 is 0 Å². The molecule has 1 aliphatic carbocycles. The molecule has 1 aromatic carbocycles. The lowest BCUT2D eigenvalue weighted by Crippen LogP contribution is -2.40. The van der Waals surface area contributed by atoms with Gasteiger partial charge in [-0.15, -0.1) is 0 Å². The van der Waals surface area contributed by atoms with Crippen LogP contribution in [0.4, 0.5) is 0 Å². The van der Waals surface area contributed by atoms with E-state index in [0.29, 0.717) is 11.9 Å². The highest BCUT2D eigenvalue weighted by Gasteiger charge is 2.58. The molecule has 2 saturated heterocycles. The summed E-state index contributed by atoms with van der Waals surface area (Å²) < 4.78 is 7.46. The number of carbonyl (C=O) groups is 1. The first-order chi connectivity index (χ1) is 15.0. The van der Waals surface area contributed by atoms with Crippen LogP contribution in [0.3, 0.4) is 0 Å². The third kappa shape index (κ3) is 3.86. The molecular weight excluding hydrogens is 388 g/mol. The Bertz CT molecular complexity index is 933. The summed E-state index contributed by atoms with van der Waals surface area (Å²) in [7, 11) is 1.69. The van der Waals surface area contributed by atoms with Crippen LogP contribution in [0.5, 0.6) is 5.75 Å². The molecule has 0 bridgehead atoms. The van der Waals surface area contributed by atoms with Crippen molar-refractivity contribution in [3.8, 4) is 5.75 Å².